The van der Waals surface area contributed by atoms with E-state index in [0.29, 0.717) is 16.0 Å². The van der Waals surface area contributed by atoms with Crippen molar-refractivity contribution in [3.05, 3.63) is 104 Å². The Kier molecular flexibility index (Phi) is 4.54. The second-order valence-corrected chi connectivity index (χ2v) is 7.08. The summed E-state index contributed by atoms with van der Waals surface area (Å²) in [6.07, 6.45) is 0.726. The molecule has 0 saturated carbocycles. The Morgan fingerprint density at radius 2 is 1.56 bits per heavy atom. The smallest absolute Gasteiger partial charge is 0.192 e. The van der Waals surface area contributed by atoms with Crippen LogP contribution in [-0.4, -0.2) is 4.98 Å². The molecule has 1 aromatic heterocycles. The zero-order chi connectivity index (χ0) is 19.0. The molecule has 0 bridgehead atoms. The van der Waals surface area contributed by atoms with Crippen LogP contribution in [0.4, 0.5) is 4.39 Å². The van der Waals surface area contributed by atoms with Crippen molar-refractivity contribution in [2.75, 3.05) is 0 Å². The summed E-state index contributed by atoms with van der Waals surface area (Å²) in [7, 11) is 0. The number of pyridine rings is 1. The molecule has 4 aromatic rings. The zero-order valence-corrected chi connectivity index (χ0v) is 15.5. The lowest BCUT2D eigenvalue weighted by Gasteiger charge is -2.10. The van der Waals surface area contributed by atoms with Gasteiger partial charge in [0.05, 0.1) is 11.2 Å². The van der Waals surface area contributed by atoms with Crippen molar-refractivity contribution in [1.29, 1.82) is 0 Å². The first-order valence-corrected chi connectivity index (χ1v) is 9.05. The fourth-order valence-electron chi connectivity index (χ4n) is 3.28. The Balaban J connectivity index is 1.70. The maximum absolute atomic E-state index is 13.0. The predicted octanol–water partition coefficient (Wildman–Crippen LogP) is 5.89. The Labute approximate surface area is 161 Å². The Morgan fingerprint density at radius 3 is 2.22 bits per heavy atom. The standard InChI is InChI=1S/C23H17ClFNO/c1-14-22(26-21-13-18(24)8-11-20(21)23(14)27)17-6-2-15(3-7-17)12-16-4-9-19(25)10-5-16/h2-11,13H,12H2,1H3,(H,26,27). The number of halogens is 2. The molecule has 0 aliphatic heterocycles. The highest BCUT2D eigenvalue weighted by atomic mass is 35.5. The second-order valence-electron chi connectivity index (χ2n) is 6.64. The van der Waals surface area contributed by atoms with Gasteiger partial charge in [-0.05, 0) is 60.4 Å². The highest BCUT2D eigenvalue weighted by molar-refractivity contribution is 6.31. The second kappa shape index (κ2) is 7.01. The largest absolute Gasteiger partial charge is 0.354 e. The van der Waals surface area contributed by atoms with Gasteiger partial charge < -0.3 is 4.98 Å². The van der Waals surface area contributed by atoms with E-state index < -0.39 is 0 Å². The van der Waals surface area contributed by atoms with E-state index in [4.69, 9.17) is 11.6 Å². The van der Waals surface area contributed by atoms with Crippen molar-refractivity contribution in [2.24, 2.45) is 0 Å². The lowest BCUT2D eigenvalue weighted by molar-refractivity contribution is 0.627. The van der Waals surface area contributed by atoms with Crippen LogP contribution in [0.1, 0.15) is 16.7 Å². The predicted molar refractivity (Wildman–Crippen MR) is 109 cm³/mol. The van der Waals surface area contributed by atoms with E-state index >= 15 is 0 Å². The van der Waals surface area contributed by atoms with E-state index in [2.05, 4.69) is 4.98 Å². The lowest BCUT2D eigenvalue weighted by Crippen LogP contribution is -2.09. The van der Waals surface area contributed by atoms with E-state index in [-0.39, 0.29) is 11.2 Å². The first-order valence-electron chi connectivity index (χ1n) is 8.67. The van der Waals surface area contributed by atoms with Gasteiger partial charge >= 0.3 is 0 Å². The molecule has 0 aliphatic rings. The number of rotatable bonds is 3. The molecular formula is C23H17ClFNO. The fraction of sp³-hybridized carbons (Fsp3) is 0.0870. The molecule has 2 nitrogen and oxygen atoms in total. The summed E-state index contributed by atoms with van der Waals surface area (Å²) >= 11 is 6.07. The van der Waals surface area contributed by atoms with E-state index in [9.17, 15) is 9.18 Å². The molecule has 0 unspecified atom stereocenters. The Morgan fingerprint density at radius 1 is 0.926 bits per heavy atom. The molecule has 134 valence electrons. The monoisotopic (exact) mass is 377 g/mol. The highest BCUT2D eigenvalue weighted by Gasteiger charge is 2.10. The first kappa shape index (κ1) is 17.5. The van der Waals surface area contributed by atoms with Crippen LogP contribution < -0.4 is 5.43 Å². The molecule has 0 radical (unpaired) electrons. The van der Waals surface area contributed by atoms with Gasteiger partial charge in [-0.1, -0.05) is 48.0 Å². The fourth-order valence-corrected chi connectivity index (χ4v) is 3.45. The number of nitrogens with one attached hydrogen (secondary N) is 1. The van der Waals surface area contributed by atoms with E-state index in [0.717, 1.165) is 34.3 Å². The van der Waals surface area contributed by atoms with Crippen molar-refractivity contribution in [3.8, 4) is 11.3 Å². The van der Waals surface area contributed by atoms with Crippen molar-refractivity contribution in [3.63, 3.8) is 0 Å². The number of hydrogen-bond donors (Lipinski definition) is 1. The maximum Gasteiger partial charge on any atom is 0.192 e. The molecule has 4 rings (SSSR count). The summed E-state index contributed by atoms with van der Waals surface area (Å²) in [5, 5.41) is 1.22. The molecule has 0 amide bonds. The molecule has 1 N–H and O–H groups in total. The number of benzene rings is 3. The Hall–Kier alpha value is -2.91. The SMILES string of the molecule is Cc1c(-c2ccc(Cc3ccc(F)cc3)cc2)[nH]c2cc(Cl)ccc2c1=O. The number of H-pyrrole nitrogens is 1. The van der Waals surface area contributed by atoms with Gasteiger partial charge in [-0.2, -0.15) is 0 Å². The van der Waals surface area contributed by atoms with Crippen LogP contribution in [0.2, 0.25) is 5.02 Å². The number of hydrogen-bond acceptors (Lipinski definition) is 1. The van der Waals surface area contributed by atoms with Crippen LogP contribution in [0.5, 0.6) is 0 Å². The number of aromatic amines is 1. The maximum atomic E-state index is 13.0. The number of aromatic nitrogens is 1. The van der Waals surface area contributed by atoms with Crippen LogP contribution in [0.25, 0.3) is 22.2 Å². The van der Waals surface area contributed by atoms with E-state index in [1.807, 2.05) is 31.2 Å². The van der Waals surface area contributed by atoms with E-state index in [1.165, 1.54) is 12.1 Å². The van der Waals surface area contributed by atoms with Crippen LogP contribution in [0.3, 0.4) is 0 Å². The molecule has 0 saturated heterocycles. The van der Waals surface area contributed by atoms with Crippen molar-refractivity contribution in [2.45, 2.75) is 13.3 Å². The average molecular weight is 378 g/mol. The van der Waals surface area contributed by atoms with Crippen LogP contribution in [0, 0.1) is 12.7 Å². The zero-order valence-electron chi connectivity index (χ0n) is 14.7. The van der Waals surface area contributed by atoms with Gasteiger partial charge in [-0.15, -0.1) is 0 Å². The minimum Gasteiger partial charge on any atom is -0.354 e. The molecular weight excluding hydrogens is 361 g/mol. The summed E-state index contributed by atoms with van der Waals surface area (Å²) in [5.41, 5.74) is 5.31. The molecule has 0 spiro atoms. The number of fused-ring (bicyclic) bond motifs is 1. The highest BCUT2D eigenvalue weighted by Crippen LogP contribution is 2.24. The molecule has 3 aromatic carbocycles. The van der Waals surface area contributed by atoms with Gasteiger partial charge in [0, 0.05) is 16.0 Å². The molecule has 27 heavy (non-hydrogen) atoms. The molecule has 0 aliphatic carbocycles. The Bertz CT molecular complexity index is 1180. The van der Waals surface area contributed by atoms with Crippen molar-refractivity contribution >= 4 is 22.5 Å². The minimum absolute atomic E-state index is 0.00538. The van der Waals surface area contributed by atoms with Crippen molar-refractivity contribution < 1.29 is 4.39 Å². The quantitative estimate of drug-likeness (QED) is 0.474. The van der Waals surface area contributed by atoms with Gasteiger partial charge in [0.1, 0.15) is 5.82 Å². The normalized spacial score (nSPS) is 11.1. The van der Waals surface area contributed by atoms with Gasteiger partial charge in [0.25, 0.3) is 0 Å². The van der Waals surface area contributed by atoms with Gasteiger partial charge in [0.15, 0.2) is 5.43 Å². The minimum atomic E-state index is -0.232. The average Bonchev–Trinajstić information content (AvgIpc) is 2.67. The third-order valence-corrected chi connectivity index (χ3v) is 5.00. The van der Waals surface area contributed by atoms with Crippen molar-refractivity contribution in [1.82, 2.24) is 4.98 Å². The van der Waals surface area contributed by atoms with Crippen LogP contribution >= 0.6 is 11.6 Å². The summed E-state index contributed by atoms with van der Waals surface area (Å²) in [6, 6.07) is 19.8. The summed E-state index contributed by atoms with van der Waals surface area (Å²) < 4.78 is 13.0. The molecule has 0 atom stereocenters. The van der Waals surface area contributed by atoms with Gasteiger partial charge in [-0.3, -0.25) is 4.79 Å². The van der Waals surface area contributed by atoms with Gasteiger partial charge in [0.2, 0.25) is 0 Å². The molecule has 0 fully saturated rings. The molecule has 4 heteroatoms. The lowest BCUT2D eigenvalue weighted by atomic mass is 10.00. The topological polar surface area (TPSA) is 32.9 Å². The van der Waals surface area contributed by atoms with Gasteiger partial charge in [-0.25, -0.2) is 4.39 Å². The third kappa shape index (κ3) is 3.51. The van der Waals surface area contributed by atoms with Crippen LogP contribution in [0.15, 0.2) is 71.5 Å². The van der Waals surface area contributed by atoms with Crippen LogP contribution in [-0.2, 0) is 6.42 Å². The summed E-state index contributed by atoms with van der Waals surface area (Å²) in [4.78, 5) is 16.0. The molecule has 1 heterocycles. The third-order valence-electron chi connectivity index (χ3n) is 4.77. The van der Waals surface area contributed by atoms with E-state index in [1.54, 1.807) is 30.3 Å². The first-order chi connectivity index (χ1) is 13.0. The summed E-state index contributed by atoms with van der Waals surface area (Å²) in [5.74, 6) is -0.232. The summed E-state index contributed by atoms with van der Waals surface area (Å²) in [6.45, 7) is 1.83.